The fourth-order valence-corrected chi connectivity index (χ4v) is 4.11. The zero-order valence-corrected chi connectivity index (χ0v) is 17.7. The molecule has 1 saturated heterocycles. The minimum absolute atomic E-state index is 0.101. The summed E-state index contributed by atoms with van der Waals surface area (Å²) in [6, 6.07) is 8.05. The molecule has 1 fully saturated rings. The first-order valence-corrected chi connectivity index (χ1v) is 10.7. The van der Waals surface area contributed by atoms with E-state index in [1.54, 1.807) is 11.3 Å². The predicted molar refractivity (Wildman–Crippen MR) is 112 cm³/mol. The third-order valence-electron chi connectivity index (χ3n) is 5.23. The first-order valence-electron chi connectivity index (χ1n) is 9.54. The van der Waals surface area contributed by atoms with Crippen LogP contribution in [0.4, 0.5) is 5.13 Å². The van der Waals surface area contributed by atoms with Gasteiger partial charge in [0.2, 0.25) is 11.0 Å². The van der Waals surface area contributed by atoms with E-state index < -0.39 is 0 Å². The second-order valence-corrected chi connectivity index (χ2v) is 9.06. The molecule has 146 valence electrons. The van der Waals surface area contributed by atoms with Crippen molar-refractivity contribution in [2.75, 3.05) is 18.0 Å². The number of halogens is 1. The normalized spacial score (nSPS) is 16.6. The van der Waals surface area contributed by atoms with Crippen LogP contribution in [0.3, 0.4) is 0 Å². The number of benzene rings is 1. The summed E-state index contributed by atoms with van der Waals surface area (Å²) >= 11 is 7.57. The van der Waals surface area contributed by atoms with Crippen LogP contribution in [0, 0.1) is 11.8 Å². The van der Waals surface area contributed by atoms with Gasteiger partial charge in [-0.05, 0) is 43.4 Å². The minimum Gasteiger partial charge on any atom is -0.353 e. The number of hydrogen-bond donors (Lipinski definition) is 1. The Kier molecular flexibility index (Phi) is 6.71. The number of nitrogens with one attached hydrogen (secondary N) is 1. The van der Waals surface area contributed by atoms with Crippen LogP contribution in [0.25, 0.3) is 0 Å². The van der Waals surface area contributed by atoms with E-state index in [1.807, 2.05) is 24.3 Å². The molecule has 0 aliphatic carbocycles. The van der Waals surface area contributed by atoms with E-state index in [9.17, 15) is 4.79 Å². The number of piperidine rings is 1. The van der Waals surface area contributed by atoms with Crippen LogP contribution < -0.4 is 10.2 Å². The molecule has 1 aromatic carbocycles. The average Bonchev–Trinajstić information content (AvgIpc) is 3.12. The largest absolute Gasteiger partial charge is 0.353 e. The van der Waals surface area contributed by atoms with Gasteiger partial charge in [-0.25, -0.2) is 0 Å². The molecule has 0 radical (unpaired) electrons. The molecule has 5 nitrogen and oxygen atoms in total. The monoisotopic (exact) mass is 406 g/mol. The lowest BCUT2D eigenvalue weighted by Crippen LogP contribution is -2.44. The van der Waals surface area contributed by atoms with Crippen molar-refractivity contribution in [1.29, 1.82) is 0 Å². The van der Waals surface area contributed by atoms with Crippen LogP contribution in [0.1, 0.15) is 44.2 Å². The standard InChI is InChI=1S/C20H27ClN4OS/c1-13(2)14(3)22-19(26)16-8-10-25(11-9-16)20-24-23-18(27-20)12-15-4-6-17(21)7-5-15/h4-7,13-14,16H,8-12H2,1-3H3,(H,22,26). The number of rotatable bonds is 6. The zero-order chi connectivity index (χ0) is 19.4. The highest BCUT2D eigenvalue weighted by atomic mass is 35.5. The first kappa shape index (κ1) is 20.1. The van der Waals surface area contributed by atoms with Crippen molar-refractivity contribution in [3.63, 3.8) is 0 Å². The summed E-state index contributed by atoms with van der Waals surface area (Å²) in [5.74, 6) is 0.745. The summed E-state index contributed by atoms with van der Waals surface area (Å²) in [4.78, 5) is 14.7. The van der Waals surface area contributed by atoms with Gasteiger partial charge in [0, 0.05) is 36.5 Å². The first-order chi connectivity index (χ1) is 12.9. The highest BCUT2D eigenvalue weighted by molar-refractivity contribution is 7.15. The van der Waals surface area contributed by atoms with Gasteiger partial charge in [0.05, 0.1) is 0 Å². The maximum Gasteiger partial charge on any atom is 0.223 e. The van der Waals surface area contributed by atoms with E-state index in [2.05, 4.69) is 41.2 Å². The van der Waals surface area contributed by atoms with Crippen molar-refractivity contribution in [3.8, 4) is 0 Å². The van der Waals surface area contributed by atoms with Gasteiger partial charge in [-0.15, -0.1) is 10.2 Å². The van der Waals surface area contributed by atoms with Crippen LogP contribution in [0.5, 0.6) is 0 Å². The molecule has 1 aliphatic heterocycles. The van der Waals surface area contributed by atoms with Gasteiger partial charge in [0.25, 0.3) is 0 Å². The van der Waals surface area contributed by atoms with Gasteiger partial charge in [-0.3, -0.25) is 4.79 Å². The smallest absolute Gasteiger partial charge is 0.223 e. The number of carbonyl (C=O) groups excluding carboxylic acids is 1. The van der Waals surface area contributed by atoms with Gasteiger partial charge in [-0.1, -0.05) is 48.9 Å². The molecule has 1 atom stereocenters. The highest BCUT2D eigenvalue weighted by Crippen LogP contribution is 2.27. The molecule has 1 amide bonds. The lowest BCUT2D eigenvalue weighted by atomic mass is 9.95. The molecule has 1 N–H and O–H groups in total. The molecule has 0 bridgehead atoms. The summed E-state index contributed by atoms with van der Waals surface area (Å²) in [6.45, 7) is 8.03. The minimum atomic E-state index is 0.101. The third-order valence-corrected chi connectivity index (χ3v) is 6.47. The zero-order valence-electron chi connectivity index (χ0n) is 16.1. The molecule has 3 rings (SSSR count). The Hall–Kier alpha value is -1.66. The molecule has 1 aromatic heterocycles. The van der Waals surface area contributed by atoms with Gasteiger partial charge >= 0.3 is 0 Å². The second kappa shape index (κ2) is 9.02. The van der Waals surface area contributed by atoms with Crippen molar-refractivity contribution in [2.45, 2.75) is 46.1 Å². The summed E-state index contributed by atoms with van der Waals surface area (Å²) < 4.78 is 0. The van der Waals surface area contributed by atoms with E-state index in [0.29, 0.717) is 5.92 Å². The number of carbonyl (C=O) groups is 1. The van der Waals surface area contributed by atoms with E-state index >= 15 is 0 Å². The van der Waals surface area contributed by atoms with Crippen molar-refractivity contribution >= 4 is 34.0 Å². The topological polar surface area (TPSA) is 58.1 Å². The van der Waals surface area contributed by atoms with E-state index in [0.717, 1.165) is 47.5 Å². The summed E-state index contributed by atoms with van der Waals surface area (Å²) in [7, 11) is 0. The Bertz CT molecular complexity index is 754. The number of hydrogen-bond acceptors (Lipinski definition) is 5. The fourth-order valence-electron chi connectivity index (χ4n) is 3.06. The third kappa shape index (κ3) is 5.42. The molecule has 0 saturated carbocycles. The van der Waals surface area contributed by atoms with Gasteiger partial charge in [0.1, 0.15) is 5.01 Å². The number of anilines is 1. The highest BCUT2D eigenvalue weighted by Gasteiger charge is 2.27. The number of amides is 1. The lowest BCUT2D eigenvalue weighted by molar-refractivity contribution is -0.126. The predicted octanol–water partition coefficient (Wildman–Crippen LogP) is 4.16. The molecule has 7 heteroatoms. The molecule has 0 spiro atoms. The second-order valence-electron chi connectivity index (χ2n) is 7.58. The van der Waals surface area contributed by atoms with Gasteiger partial charge in [-0.2, -0.15) is 0 Å². The van der Waals surface area contributed by atoms with Crippen LogP contribution >= 0.6 is 22.9 Å². The molecule has 1 unspecified atom stereocenters. The SMILES string of the molecule is CC(C)C(C)NC(=O)C1CCN(c2nnc(Cc3ccc(Cl)cc3)s2)CC1. The van der Waals surface area contributed by atoms with Crippen LogP contribution in [0.2, 0.25) is 5.02 Å². The number of nitrogens with zero attached hydrogens (tertiary/aromatic N) is 3. The van der Waals surface area contributed by atoms with Gasteiger partial charge in [0.15, 0.2) is 0 Å². The van der Waals surface area contributed by atoms with Crippen molar-refractivity contribution in [1.82, 2.24) is 15.5 Å². The maximum atomic E-state index is 12.4. The van der Waals surface area contributed by atoms with Crippen LogP contribution in [0.15, 0.2) is 24.3 Å². The Morgan fingerprint density at radius 1 is 1.22 bits per heavy atom. The number of aromatic nitrogens is 2. The molecular formula is C20H27ClN4OS. The Balaban J connectivity index is 1.52. The van der Waals surface area contributed by atoms with E-state index in [1.165, 1.54) is 5.56 Å². The fraction of sp³-hybridized carbons (Fsp3) is 0.550. The lowest BCUT2D eigenvalue weighted by Gasteiger charge is -2.31. The van der Waals surface area contributed by atoms with Crippen molar-refractivity contribution < 1.29 is 4.79 Å². The van der Waals surface area contributed by atoms with Crippen LogP contribution in [-0.4, -0.2) is 35.2 Å². The van der Waals surface area contributed by atoms with E-state index in [4.69, 9.17) is 11.6 Å². The Labute approximate surface area is 170 Å². The van der Waals surface area contributed by atoms with Crippen LogP contribution in [-0.2, 0) is 11.2 Å². The molecule has 2 heterocycles. The molecule has 27 heavy (non-hydrogen) atoms. The summed E-state index contributed by atoms with van der Waals surface area (Å²) in [6.07, 6.45) is 2.49. The van der Waals surface area contributed by atoms with Crippen molar-refractivity contribution in [2.24, 2.45) is 11.8 Å². The Morgan fingerprint density at radius 2 is 1.89 bits per heavy atom. The Morgan fingerprint density at radius 3 is 2.52 bits per heavy atom. The quantitative estimate of drug-likeness (QED) is 0.782. The van der Waals surface area contributed by atoms with Crippen molar-refractivity contribution in [3.05, 3.63) is 39.9 Å². The van der Waals surface area contributed by atoms with Gasteiger partial charge < -0.3 is 10.2 Å². The summed E-state index contributed by atoms with van der Waals surface area (Å²) in [5, 5.41) is 14.5. The molecule has 2 aromatic rings. The average molecular weight is 407 g/mol. The maximum absolute atomic E-state index is 12.4. The molecular weight excluding hydrogens is 380 g/mol. The van der Waals surface area contributed by atoms with E-state index in [-0.39, 0.29) is 17.9 Å². The summed E-state index contributed by atoms with van der Waals surface area (Å²) in [5.41, 5.74) is 1.18. The molecule has 1 aliphatic rings.